The molecule has 2 atom stereocenters. The van der Waals surface area contributed by atoms with Crippen molar-refractivity contribution in [3.63, 3.8) is 0 Å². The Hall–Kier alpha value is -3.64. The van der Waals surface area contributed by atoms with Gasteiger partial charge in [0.15, 0.2) is 6.10 Å². The van der Waals surface area contributed by atoms with Crippen molar-refractivity contribution in [3.8, 4) is 5.75 Å². The van der Waals surface area contributed by atoms with E-state index in [0.29, 0.717) is 16.7 Å². The number of ether oxygens (including phenoxy) is 1. The van der Waals surface area contributed by atoms with Gasteiger partial charge in [0.2, 0.25) is 0 Å². The maximum absolute atomic E-state index is 12.4. The van der Waals surface area contributed by atoms with Gasteiger partial charge in [-0.1, -0.05) is 48.5 Å². The molecule has 0 bridgehead atoms. The molecule has 0 saturated heterocycles. The highest BCUT2D eigenvalue weighted by atomic mass is 16.5. The molecular weight excluding hydrogens is 382 g/mol. The Morgan fingerprint density at radius 3 is 2.47 bits per heavy atom. The standard InChI is InChI=1S/C24H21NO5/c1-15(23(27)25-14-21(26)16-7-3-2-4-8-16)29-17-11-12-19-18-9-5-6-10-20(18)24(28)30-22(19)13-17/h2-13,15,21,26H,14H2,1H3,(H,25,27)/t15-,21-/m1/s1. The lowest BCUT2D eigenvalue weighted by Gasteiger charge is -2.17. The monoisotopic (exact) mass is 403 g/mol. The maximum atomic E-state index is 12.4. The Labute approximate surface area is 172 Å². The van der Waals surface area contributed by atoms with E-state index >= 15 is 0 Å². The molecule has 0 aliphatic rings. The van der Waals surface area contributed by atoms with E-state index in [1.54, 1.807) is 49.4 Å². The highest BCUT2D eigenvalue weighted by Gasteiger charge is 2.17. The smallest absolute Gasteiger partial charge is 0.344 e. The van der Waals surface area contributed by atoms with E-state index in [-0.39, 0.29) is 12.5 Å². The summed E-state index contributed by atoms with van der Waals surface area (Å²) in [6, 6.07) is 21.5. The highest BCUT2D eigenvalue weighted by Crippen LogP contribution is 2.26. The zero-order valence-electron chi connectivity index (χ0n) is 16.4. The first-order valence-corrected chi connectivity index (χ1v) is 9.66. The van der Waals surface area contributed by atoms with Crippen LogP contribution in [0.4, 0.5) is 0 Å². The van der Waals surface area contributed by atoms with Gasteiger partial charge in [0.1, 0.15) is 11.3 Å². The van der Waals surface area contributed by atoms with E-state index < -0.39 is 17.8 Å². The van der Waals surface area contributed by atoms with Crippen LogP contribution in [0.3, 0.4) is 0 Å². The van der Waals surface area contributed by atoms with E-state index in [9.17, 15) is 14.7 Å². The molecule has 0 radical (unpaired) electrons. The third-order valence-electron chi connectivity index (χ3n) is 4.93. The van der Waals surface area contributed by atoms with Crippen LogP contribution in [-0.2, 0) is 4.79 Å². The summed E-state index contributed by atoms with van der Waals surface area (Å²) in [7, 11) is 0. The largest absolute Gasteiger partial charge is 0.481 e. The summed E-state index contributed by atoms with van der Waals surface area (Å²) in [5.41, 5.74) is 0.697. The van der Waals surface area contributed by atoms with E-state index in [1.165, 1.54) is 0 Å². The molecule has 0 spiro atoms. The van der Waals surface area contributed by atoms with Gasteiger partial charge in [-0.2, -0.15) is 0 Å². The fraction of sp³-hybridized carbons (Fsp3) is 0.167. The lowest BCUT2D eigenvalue weighted by Crippen LogP contribution is -2.38. The SMILES string of the molecule is C[C@@H](Oc1ccc2c(c1)oc(=O)c1ccccc12)C(=O)NC[C@@H](O)c1ccccc1. The molecule has 0 aliphatic carbocycles. The molecule has 6 heteroatoms. The molecule has 0 saturated carbocycles. The zero-order chi connectivity index (χ0) is 21.1. The Morgan fingerprint density at radius 1 is 1.00 bits per heavy atom. The van der Waals surface area contributed by atoms with E-state index in [0.717, 1.165) is 16.3 Å². The number of benzene rings is 3. The third-order valence-corrected chi connectivity index (χ3v) is 4.93. The molecule has 152 valence electrons. The van der Waals surface area contributed by atoms with Gasteiger partial charge >= 0.3 is 5.63 Å². The van der Waals surface area contributed by atoms with Crippen LogP contribution in [0.5, 0.6) is 5.75 Å². The number of carbonyl (C=O) groups is 1. The van der Waals surface area contributed by atoms with Crippen LogP contribution in [0.25, 0.3) is 21.7 Å². The van der Waals surface area contributed by atoms with Crippen LogP contribution in [0, 0.1) is 0 Å². The summed E-state index contributed by atoms with van der Waals surface area (Å²) in [5.74, 6) is 0.0530. The van der Waals surface area contributed by atoms with Gasteiger partial charge < -0.3 is 19.6 Å². The van der Waals surface area contributed by atoms with Crippen LogP contribution >= 0.6 is 0 Å². The number of aliphatic hydroxyl groups excluding tert-OH is 1. The number of aliphatic hydroxyl groups is 1. The average molecular weight is 403 g/mol. The second-order valence-electron chi connectivity index (χ2n) is 7.02. The summed E-state index contributed by atoms with van der Waals surface area (Å²) in [6.07, 6.45) is -1.59. The lowest BCUT2D eigenvalue weighted by atomic mass is 10.1. The molecule has 1 aromatic heterocycles. The van der Waals surface area contributed by atoms with Crippen LogP contribution in [0.1, 0.15) is 18.6 Å². The van der Waals surface area contributed by atoms with Gasteiger partial charge in [-0.25, -0.2) is 4.79 Å². The molecular formula is C24H21NO5. The summed E-state index contributed by atoms with van der Waals surface area (Å²) in [6.45, 7) is 1.69. The van der Waals surface area contributed by atoms with Crippen LogP contribution in [0.15, 0.2) is 82.0 Å². The first-order chi connectivity index (χ1) is 14.5. The minimum absolute atomic E-state index is 0.0785. The average Bonchev–Trinajstić information content (AvgIpc) is 2.78. The normalized spacial score (nSPS) is 13.1. The minimum atomic E-state index is -0.800. The van der Waals surface area contributed by atoms with Crippen molar-refractivity contribution in [1.29, 1.82) is 0 Å². The van der Waals surface area contributed by atoms with Crippen molar-refractivity contribution >= 4 is 27.6 Å². The quantitative estimate of drug-likeness (QED) is 0.380. The van der Waals surface area contributed by atoms with Crippen LogP contribution < -0.4 is 15.7 Å². The summed E-state index contributed by atoms with van der Waals surface area (Å²) in [5, 5.41) is 15.0. The molecule has 30 heavy (non-hydrogen) atoms. The number of fused-ring (bicyclic) bond motifs is 3. The Morgan fingerprint density at radius 2 is 1.70 bits per heavy atom. The van der Waals surface area contributed by atoms with E-state index in [1.807, 2.05) is 30.3 Å². The first kappa shape index (κ1) is 19.7. The van der Waals surface area contributed by atoms with Crippen molar-refractivity contribution in [2.24, 2.45) is 0 Å². The van der Waals surface area contributed by atoms with Gasteiger partial charge in [-0.05, 0) is 36.1 Å². The Kier molecular flexibility index (Phi) is 5.50. The summed E-state index contributed by atoms with van der Waals surface area (Å²) in [4.78, 5) is 24.6. The number of rotatable bonds is 6. The minimum Gasteiger partial charge on any atom is -0.481 e. The molecule has 2 N–H and O–H groups in total. The van der Waals surface area contributed by atoms with Gasteiger partial charge in [-0.3, -0.25) is 4.79 Å². The van der Waals surface area contributed by atoms with E-state index in [2.05, 4.69) is 5.32 Å². The number of hydrogen-bond acceptors (Lipinski definition) is 5. The molecule has 4 rings (SSSR count). The molecule has 0 aliphatic heterocycles. The topological polar surface area (TPSA) is 88.8 Å². The number of hydrogen-bond donors (Lipinski definition) is 2. The highest BCUT2D eigenvalue weighted by molar-refractivity contribution is 6.04. The third kappa shape index (κ3) is 4.04. The predicted molar refractivity (Wildman–Crippen MR) is 114 cm³/mol. The van der Waals surface area contributed by atoms with Gasteiger partial charge in [-0.15, -0.1) is 0 Å². The van der Waals surface area contributed by atoms with Gasteiger partial charge in [0, 0.05) is 18.0 Å². The molecule has 1 heterocycles. The maximum Gasteiger partial charge on any atom is 0.344 e. The van der Waals surface area contributed by atoms with Gasteiger partial charge in [0.05, 0.1) is 11.5 Å². The van der Waals surface area contributed by atoms with E-state index in [4.69, 9.17) is 9.15 Å². The number of carbonyl (C=O) groups excluding carboxylic acids is 1. The lowest BCUT2D eigenvalue weighted by molar-refractivity contribution is -0.127. The molecule has 0 unspecified atom stereocenters. The molecule has 6 nitrogen and oxygen atoms in total. The molecule has 4 aromatic rings. The van der Waals surface area contributed by atoms with Crippen molar-refractivity contribution in [3.05, 3.63) is 88.8 Å². The first-order valence-electron chi connectivity index (χ1n) is 9.66. The zero-order valence-corrected chi connectivity index (χ0v) is 16.4. The van der Waals surface area contributed by atoms with Crippen molar-refractivity contribution in [1.82, 2.24) is 5.32 Å². The van der Waals surface area contributed by atoms with Crippen molar-refractivity contribution < 1.29 is 19.1 Å². The Bertz CT molecular complexity index is 1250. The second-order valence-corrected chi connectivity index (χ2v) is 7.02. The van der Waals surface area contributed by atoms with Crippen molar-refractivity contribution in [2.45, 2.75) is 19.1 Å². The van der Waals surface area contributed by atoms with Gasteiger partial charge in [0.25, 0.3) is 5.91 Å². The summed E-state index contributed by atoms with van der Waals surface area (Å²) < 4.78 is 11.1. The number of amides is 1. The summed E-state index contributed by atoms with van der Waals surface area (Å²) >= 11 is 0. The van der Waals surface area contributed by atoms with Crippen LogP contribution in [0.2, 0.25) is 0 Å². The second kappa shape index (κ2) is 8.39. The van der Waals surface area contributed by atoms with Crippen LogP contribution in [-0.4, -0.2) is 23.7 Å². The Balaban J connectivity index is 1.46. The molecule has 3 aromatic carbocycles. The van der Waals surface area contributed by atoms with Crippen molar-refractivity contribution in [2.75, 3.05) is 6.54 Å². The molecule has 0 fully saturated rings. The fourth-order valence-electron chi connectivity index (χ4n) is 3.33. The molecule has 1 amide bonds. The number of nitrogens with one attached hydrogen (secondary N) is 1. The predicted octanol–water partition coefficient (Wildman–Crippen LogP) is 3.56. The fourth-order valence-corrected chi connectivity index (χ4v) is 3.33.